The largest absolute Gasteiger partial charge is 0.467 e. The fourth-order valence-corrected chi connectivity index (χ4v) is 1.66. The van der Waals surface area contributed by atoms with Crippen LogP contribution >= 0.6 is 0 Å². The van der Waals surface area contributed by atoms with Crippen LogP contribution in [0.4, 0.5) is 0 Å². The standard InChI is InChI=1S/C12H13NO3/c1-8-6-9-4-3-5-10(16-7-15-2)11(9)12(14)13-8/h3-6H,7H2,1-2H3,(H,13,14). The van der Waals surface area contributed by atoms with E-state index in [-0.39, 0.29) is 12.4 Å². The summed E-state index contributed by atoms with van der Waals surface area (Å²) in [6.45, 7) is 1.98. The molecule has 1 heterocycles. The highest BCUT2D eigenvalue weighted by atomic mass is 16.7. The topological polar surface area (TPSA) is 51.3 Å². The lowest BCUT2D eigenvalue weighted by Gasteiger charge is -2.07. The zero-order chi connectivity index (χ0) is 11.5. The minimum Gasteiger partial charge on any atom is -0.467 e. The van der Waals surface area contributed by atoms with Crippen LogP contribution in [0.5, 0.6) is 5.75 Å². The first-order valence-corrected chi connectivity index (χ1v) is 4.97. The molecule has 0 aliphatic carbocycles. The summed E-state index contributed by atoms with van der Waals surface area (Å²) in [5.74, 6) is 0.542. The SMILES string of the molecule is COCOc1cccc2cc(C)[nH]c(=O)c12. The Hall–Kier alpha value is -1.81. The molecule has 0 atom stereocenters. The number of pyridine rings is 1. The van der Waals surface area contributed by atoms with E-state index in [9.17, 15) is 4.79 Å². The van der Waals surface area contributed by atoms with Crippen molar-refractivity contribution in [3.63, 3.8) is 0 Å². The fourth-order valence-electron chi connectivity index (χ4n) is 1.66. The molecule has 1 aromatic heterocycles. The molecule has 0 fully saturated rings. The maximum absolute atomic E-state index is 11.8. The van der Waals surface area contributed by atoms with Crippen molar-refractivity contribution in [1.29, 1.82) is 0 Å². The number of aromatic amines is 1. The van der Waals surface area contributed by atoms with Crippen molar-refractivity contribution in [3.8, 4) is 5.75 Å². The van der Waals surface area contributed by atoms with Gasteiger partial charge >= 0.3 is 0 Å². The maximum Gasteiger partial charge on any atom is 0.259 e. The molecule has 84 valence electrons. The minimum atomic E-state index is -0.137. The van der Waals surface area contributed by atoms with Gasteiger partial charge < -0.3 is 14.5 Å². The van der Waals surface area contributed by atoms with Crippen LogP contribution in [0.1, 0.15) is 5.69 Å². The van der Waals surface area contributed by atoms with Gasteiger partial charge in [-0.2, -0.15) is 0 Å². The Labute approximate surface area is 92.8 Å². The van der Waals surface area contributed by atoms with E-state index in [1.54, 1.807) is 13.2 Å². The smallest absolute Gasteiger partial charge is 0.259 e. The second-order valence-electron chi connectivity index (χ2n) is 3.55. The van der Waals surface area contributed by atoms with Crippen LogP contribution in [0, 0.1) is 6.92 Å². The summed E-state index contributed by atoms with van der Waals surface area (Å²) >= 11 is 0. The Morgan fingerprint density at radius 3 is 2.94 bits per heavy atom. The lowest BCUT2D eigenvalue weighted by molar-refractivity contribution is 0.0522. The van der Waals surface area contributed by atoms with Crippen molar-refractivity contribution in [3.05, 3.63) is 40.3 Å². The van der Waals surface area contributed by atoms with Crippen molar-refractivity contribution in [2.75, 3.05) is 13.9 Å². The number of benzene rings is 1. The van der Waals surface area contributed by atoms with E-state index in [0.717, 1.165) is 11.1 Å². The average Bonchev–Trinajstić information content (AvgIpc) is 2.25. The van der Waals surface area contributed by atoms with Crippen molar-refractivity contribution in [1.82, 2.24) is 4.98 Å². The summed E-state index contributed by atoms with van der Waals surface area (Å²) in [5.41, 5.74) is 0.697. The number of aryl methyl sites for hydroxylation is 1. The molecule has 0 bridgehead atoms. The number of methoxy groups -OCH3 is 1. The van der Waals surface area contributed by atoms with Crippen LogP contribution in [0.3, 0.4) is 0 Å². The molecule has 0 saturated heterocycles. The summed E-state index contributed by atoms with van der Waals surface area (Å²) in [7, 11) is 1.54. The summed E-state index contributed by atoms with van der Waals surface area (Å²) in [5, 5.41) is 1.43. The molecule has 0 radical (unpaired) electrons. The van der Waals surface area contributed by atoms with Crippen molar-refractivity contribution >= 4 is 10.8 Å². The number of H-pyrrole nitrogens is 1. The molecular weight excluding hydrogens is 206 g/mol. The molecule has 0 unspecified atom stereocenters. The van der Waals surface area contributed by atoms with Crippen LogP contribution < -0.4 is 10.3 Å². The molecule has 1 N–H and O–H groups in total. The maximum atomic E-state index is 11.8. The van der Waals surface area contributed by atoms with Crippen LogP contribution in [0.15, 0.2) is 29.1 Å². The molecule has 0 saturated carbocycles. The van der Waals surface area contributed by atoms with E-state index < -0.39 is 0 Å². The first-order chi connectivity index (χ1) is 7.72. The van der Waals surface area contributed by atoms with Gasteiger partial charge in [0, 0.05) is 12.8 Å². The van der Waals surface area contributed by atoms with Crippen molar-refractivity contribution in [2.45, 2.75) is 6.92 Å². The van der Waals surface area contributed by atoms with Crippen molar-refractivity contribution < 1.29 is 9.47 Å². The van der Waals surface area contributed by atoms with E-state index in [4.69, 9.17) is 9.47 Å². The quantitative estimate of drug-likeness (QED) is 0.801. The predicted molar refractivity (Wildman–Crippen MR) is 61.8 cm³/mol. The number of aromatic nitrogens is 1. The van der Waals surface area contributed by atoms with Gasteiger partial charge in [0.05, 0.1) is 5.39 Å². The average molecular weight is 219 g/mol. The van der Waals surface area contributed by atoms with Gasteiger partial charge in [0.2, 0.25) is 0 Å². The van der Waals surface area contributed by atoms with Crippen LogP contribution in [-0.4, -0.2) is 18.9 Å². The van der Waals surface area contributed by atoms with E-state index in [1.807, 2.05) is 25.1 Å². The second kappa shape index (κ2) is 4.37. The number of ether oxygens (including phenoxy) is 2. The molecule has 2 rings (SSSR count). The Morgan fingerprint density at radius 1 is 1.38 bits per heavy atom. The molecule has 0 aliphatic heterocycles. The Kier molecular flexibility index (Phi) is 2.92. The molecule has 1 aromatic carbocycles. The number of hydrogen-bond acceptors (Lipinski definition) is 3. The van der Waals surface area contributed by atoms with Gasteiger partial charge in [-0.25, -0.2) is 0 Å². The summed E-state index contributed by atoms with van der Waals surface area (Å²) in [6, 6.07) is 7.41. The summed E-state index contributed by atoms with van der Waals surface area (Å²) in [6.07, 6.45) is 0. The fraction of sp³-hybridized carbons (Fsp3) is 0.250. The normalized spacial score (nSPS) is 10.6. The molecular formula is C12H13NO3. The Balaban J connectivity index is 2.62. The zero-order valence-corrected chi connectivity index (χ0v) is 9.24. The first kappa shape index (κ1) is 10.7. The molecule has 4 nitrogen and oxygen atoms in total. The zero-order valence-electron chi connectivity index (χ0n) is 9.24. The second-order valence-corrected chi connectivity index (χ2v) is 3.55. The molecule has 4 heteroatoms. The number of rotatable bonds is 3. The van der Waals surface area contributed by atoms with E-state index in [0.29, 0.717) is 11.1 Å². The van der Waals surface area contributed by atoms with Crippen LogP contribution in [0.2, 0.25) is 0 Å². The van der Waals surface area contributed by atoms with E-state index in [1.165, 1.54) is 0 Å². The number of fused-ring (bicyclic) bond motifs is 1. The van der Waals surface area contributed by atoms with Gasteiger partial charge in [0.15, 0.2) is 6.79 Å². The Bertz CT molecular complexity index is 560. The highest BCUT2D eigenvalue weighted by Crippen LogP contribution is 2.22. The lowest BCUT2D eigenvalue weighted by Crippen LogP contribution is -2.10. The lowest BCUT2D eigenvalue weighted by atomic mass is 10.1. The molecule has 0 amide bonds. The van der Waals surface area contributed by atoms with Gasteiger partial charge in [-0.15, -0.1) is 0 Å². The van der Waals surface area contributed by atoms with Crippen LogP contribution in [0.25, 0.3) is 10.8 Å². The molecule has 2 aromatic rings. The predicted octanol–water partition coefficient (Wildman–Crippen LogP) is 1.82. The monoisotopic (exact) mass is 219 g/mol. The first-order valence-electron chi connectivity index (χ1n) is 4.97. The number of hydrogen-bond donors (Lipinski definition) is 1. The van der Waals surface area contributed by atoms with Gasteiger partial charge in [-0.3, -0.25) is 4.79 Å². The molecule has 0 aliphatic rings. The van der Waals surface area contributed by atoms with Gasteiger partial charge in [-0.1, -0.05) is 12.1 Å². The van der Waals surface area contributed by atoms with Gasteiger partial charge in [0.1, 0.15) is 5.75 Å². The summed E-state index contributed by atoms with van der Waals surface area (Å²) < 4.78 is 10.2. The van der Waals surface area contributed by atoms with Crippen molar-refractivity contribution in [2.24, 2.45) is 0 Å². The Morgan fingerprint density at radius 2 is 2.19 bits per heavy atom. The third kappa shape index (κ3) is 1.92. The third-order valence-corrected chi connectivity index (χ3v) is 2.30. The van der Waals surface area contributed by atoms with E-state index in [2.05, 4.69) is 4.98 Å². The number of nitrogens with one attached hydrogen (secondary N) is 1. The third-order valence-electron chi connectivity index (χ3n) is 2.30. The summed E-state index contributed by atoms with van der Waals surface area (Å²) in [4.78, 5) is 14.6. The highest BCUT2D eigenvalue weighted by molar-refractivity contribution is 5.87. The molecule has 16 heavy (non-hydrogen) atoms. The van der Waals surface area contributed by atoms with Gasteiger partial charge in [0.25, 0.3) is 5.56 Å². The molecule has 0 spiro atoms. The van der Waals surface area contributed by atoms with Gasteiger partial charge in [-0.05, 0) is 24.4 Å². The highest BCUT2D eigenvalue weighted by Gasteiger charge is 2.06. The van der Waals surface area contributed by atoms with Crippen LogP contribution in [-0.2, 0) is 4.74 Å². The van der Waals surface area contributed by atoms with E-state index >= 15 is 0 Å². The minimum absolute atomic E-state index is 0.131.